The molecular weight excluding hydrogens is 314 g/mol. The number of nitrogens with zero attached hydrogens (tertiary/aromatic N) is 2. The van der Waals surface area contributed by atoms with Crippen molar-refractivity contribution in [1.82, 2.24) is 15.2 Å². The molecule has 1 unspecified atom stereocenters. The zero-order chi connectivity index (χ0) is 17.6. The van der Waals surface area contributed by atoms with Crippen LogP contribution in [0.15, 0.2) is 42.7 Å². The van der Waals surface area contributed by atoms with Crippen LogP contribution in [0.2, 0.25) is 0 Å². The van der Waals surface area contributed by atoms with Gasteiger partial charge in [0.05, 0.1) is 7.11 Å². The molecule has 25 heavy (non-hydrogen) atoms. The van der Waals surface area contributed by atoms with E-state index in [4.69, 9.17) is 4.74 Å². The van der Waals surface area contributed by atoms with Crippen LogP contribution in [0.1, 0.15) is 35.4 Å². The molecule has 0 spiro atoms. The van der Waals surface area contributed by atoms with Crippen molar-refractivity contribution in [2.75, 3.05) is 20.7 Å². The van der Waals surface area contributed by atoms with Gasteiger partial charge in [0, 0.05) is 38.4 Å². The van der Waals surface area contributed by atoms with E-state index in [2.05, 4.69) is 22.4 Å². The average Bonchev–Trinajstić information content (AvgIpc) is 2.66. The third kappa shape index (κ3) is 4.29. The Kier molecular flexibility index (Phi) is 5.53. The van der Waals surface area contributed by atoms with E-state index in [0.29, 0.717) is 19.0 Å². The molecule has 0 radical (unpaired) electrons. The summed E-state index contributed by atoms with van der Waals surface area (Å²) in [5, 5.41) is 3.08. The zero-order valence-electron chi connectivity index (χ0n) is 14.9. The molecule has 2 aromatic rings. The second kappa shape index (κ2) is 8.01. The van der Waals surface area contributed by atoms with Gasteiger partial charge >= 0.3 is 6.03 Å². The van der Waals surface area contributed by atoms with E-state index in [1.165, 1.54) is 11.1 Å². The summed E-state index contributed by atoms with van der Waals surface area (Å²) >= 11 is 0. The highest BCUT2D eigenvalue weighted by Gasteiger charge is 2.21. The van der Waals surface area contributed by atoms with Gasteiger partial charge in [-0.05, 0) is 54.2 Å². The number of pyridine rings is 1. The maximum atomic E-state index is 12.4. The van der Waals surface area contributed by atoms with Crippen LogP contribution < -0.4 is 10.1 Å². The second-order valence-corrected chi connectivity index (χ2v) is 6.56. The minimum atomic E-state index is -0.0514. The largest absolute Gasteiger partial charge is 0.497 e. The van der Waals surface area contributed by atoms with E-state index in [9.17, 15) is 4.79 Å². The summed E-state index contributed by atoms with van der Waals surface area (Å²) in [6, 6.07) is 10.1. The van der Waals surface area contributed by atoms with Crippen LogP contribution in [0, 0.1) is 0 Å². The fourth-order valence-electron chi connectivity index (χ4n) is 3.41. The van der Waals surface area contributed by atoms with Crippen molar-refractivity contribution in [1.29, 1.82) is 0 Å². The maximum Gasteiger partial charge on any atom is 0.317 e. The predicted octanol–water partition coefficient (Wildman–Crippen LogP) is 3.35. The number of urea groups is 1. The van der Waals surface area contributed by atoms with Crippen molar-refractivity contribution >= 4 is 6.03 Å². The molecule has 5 heteroatoms. The monoisotopic (exact) mass is 339 g/mol. The molecule has 1 N–H and O–H groups in total. The Morgan fingerprint density at radius 1 is 1.40 bits per heavy atom. The first kappa shape index (κ1) is 17.3. The Morgan fingerprint density at radius 2 is 2.28 bits per heavy atom. The Bertz CT molecular complexity index is 718. The Labute approximate surface area is 149 Å². The van der Waals surface area contributed by atoms with Crippen molar-refractivity contribution in [2.24, 2.45) is 0 Å². The van der Waals surface area contributed by atoms with E-state index < -0.39 is 0 Å². The predicted molar refractivity (Wildman–Crippen MR) is 97.8 cm³/mol. The number of carbonyl (C=O) groups excluding carboxylic acids is 1. The van der Waals surface area contributed by atoms with Crippen molar-refractivity contribution in [2.45, 2.75) is 31.7 Å². The van der Waals surface area contributed by atoms with Crippen LogP contribution in [0.25, 0.3) is 0 Å². The highest BCUT2D eigenvalue weighted by molar-refractivity contribution is 5.73. The highest BCUT2D eigenvalue weighted by Crippen LogP contribution is 2.33. The first-order valence-electron chi connectivity index (χ1n) is 8.72. The molecular formula is C20H25N3O2. The topological polar surface area (TPSA) is 54.5 Å². The van der Waals surface area contributed by atoms with Gasteiger partial charge in [0.25, 0.3) is 0 Å². The number of methoxy groups -OCH3 is 1. The molecule has 0 aliphatic heterocycles. The number of benzene rings is 1. The van der Waals surface area contributed by atoms with Gasteiger partial charge in [-0.2, -0.15) is 0 Å². The normalized spacial score (nSPS) is 16.0. The van der Waals surface area contributed by atoms with Crippen LogP contribution in [-0.4, -0.2) is 36.6 Å². The second-order valence-electron chi connectivity index (χ2n) is 6.56. The van der Waals surface area contributed by atoms with Crippen molar-refractivity contribution in [3.63, 3.8) is 0 Å². The summed E-state index contributed by atoms with van der Waals surface area (Å²) in [7, 11) is 3.50. The summed E-state index contributed by atoms with van der Waals surface area (Å²) in [6.45, 7) is 1.22. The quantitative estimate of drug-likeness (QED) is 0.909. The number of hydrogen-bond donors (Lipinski definition) is 1. The van der Waals surface area contributed by atoms with Crippen LogP contribution in [-0.2, 0) is 13.0 Å². The fourth-order valence-corrected chi connectivity index (χ4v) is 3.41. The third-order valence-electron chi connectivity index (χ3n) is 4.78. The van der Waals surface area contributed by atoms with Gasteiger partial charge in [-0.25, -0.2) is 4.79 Å². The number of aromatic nitrogens is 1. The van der Waals surface area contributed by atoms with Gasteiger partial charge in [0.1, 0.15) is 5.75 Å². The van der Waals surface area contributed by atoms with Crippen molar-refractivity contribution in [3.05, 3.63) is 59.4 Å². The van der Waals surface area contributed by atoms with Crippen LogP contribution in [0.3, 0.4) is 0 Å². The first-order chi connectivity index (χ1) is 12.2. The number of ether oxygens (including phenoxy) is 1. The van der Waals surface area contributed by atoms with Gasteiger partial charge < -0.3 is 15.0 Å². The molecule has 1 heterocycles. The van der Waals surface area contributed by atoms with Gasteiger partial charge in [-0.1, -0.05) is 12.1 Å². The minimum absolute atomic E-state index is 0.0514. The zero-order valence-corrected chi connectivity index (χ0v) is 14.9. The molecule has 0 saturated heterocycles. The highest BCUT2D eigenvalue weighted by atomic mass is 16.5. The lowest BCUT2D eigenvalue weighted by atomic mass is 9.82. The summed E-state index contributed by atoms with van der Waals surface area (Å²) in [4.78, 5) is 18.2. The van der Waals surface area contributed by atoms with E-state index in [1.54, 1.807) is 24.4 Å². The average molecular weight is 339 g/mol. The van der Waals surface area contributed by atoms with Crippen LogP contribution in [0.5, 0.6) is 5.75 Å². The Balaban J connectivity index is 1.58. The van der Waals surface area contributed by atoms with Crippen LogP contribution in [0.4, 0.5) is 4.79 Å². The molecule has 1 aromatic heterocycles. The summed E-state index contributed by atoms with van der Waals surface area (Å²) in [6.07, 6.45) is 6.85. The Hall–Kier alpha value is -2.56. The van der Waals surface area contributed by atoms with Gasteiger partial charge in [0.15, 0.2) is 0 Å². The van der Waals surface area contributed by atoms with E-state index in [0.717, 1.165) is 30.6 Å². The van der Waals surface area contributed by atoms with Crippen LogP contribution >= 0.6 is 0 Å². The molecule has 132 valence electrons. The van der Waals surface area contributed by atoms with Gasteiger partial charge in [0.2, 0.25) is 0 Å². The molecule has 2 amide bonds. The maximum absolute atomic E-state index is 12.4. The molecule has 0 fully saturated rings. The SMILES string of the molecule is COc1ccc2c(c1)CCCC2CNC(=O)N(C)Cc1cccnc1. The molecule has 1 atom stereocenters. The summed E-state index contributed by atoms with van der Waals surface area (Å²) in [5.74, 6) is 1.27. The fraction of sp³-hybridized carbons (Fsp3) is 0.400. The molecule has 0 bridgehead atoms. The number of carbonyl (C=O) groups is 1. The lowest BCUT2D eigenvalue weighted by Gasteiger charge is -2.27. The molecule has 1 aliphatic rings. The molecule has 0 saturated carbocycles. The lowest BCUT2D eigenvalue weighted by molar-refractivity contribution is 0.206. The lowest BCUT2D eigenvalue weighted by Crippen LogP contribution is -2.39. The number of aryl methyl sites for hydroxylation is 1. The number of rotatable bonds is 5. The number of nitrogens with one attached hydrogen (secondary N) is 1. The van der Waals surface area contributed by atoms with E-state index in [-0.39, 0.29) is 6.03 Å². The van der Waals surface area contributed by atoms with E-state index >= 15 is 0 Å². The minimum Gasteiger partial charge on any atom is -0.497 e. The molecule has 1 aromatic carbocycles. The third-order valence-corrected chi connectivity index (χ3v) is 4.78. The van der Waals surface area contributed by atoms with E-state index in [1.807, 2.05) is 25.2 Å². The standard InChI is InChI=1S/C20H25N3O2/c1-23(14-15-5-4-10-21-12-15)20(24)22-13-17-7-3-6-16-11-18(25-2)8-9-19(16)17/h4-5,8-12,17H,3,6-7,13-14H2,1-2H3,(H,22,24). The molecule has 3 rings (SSSR count). The summed E-state index contributed by atoms with van der Waals surface area (Å²) < 4.78 is 5.32. The Morgan fingerprint density at radius 3 is 3.04 bits per heavy atom. The van der Waals surface area contributed by atoms with Crippen molar-refractivity contribution in [3.8, 4) is 5.75 Å². The number of fused-ring (bicyclic) bond motifs is 1. The number of hydrogen-bond acceptors (Lipinski definition) is 3. The summed E-state index contributed by atoms with van der Waals surface area (Å²) in [5.41, 5.74) is 3.70. The van der Waals surface area contributed by atoms with Crippen molar-refractivity contribution < 1.29 is 9.53 Å². The number of amides is 2. The first-order valence-corrected chi connectivity index (χ1v) is 8.72. The smallest absolute Gasteiger partial charge is 0.317 e. The molecule has 1 aliphatic carbocycles. The van der Waals surface area contributed by atoms with Gasteiger partial charge in [-0.15, -0.1) is 0 Å². The van der Waals surface area contributed by atoms with Gasteiger partial charge in [-0.3, -0.25) is 4.98 Å². The molecule has 5 nitrogen and oxygen atoms in total.